The molecule has 3 fully saturated rings. The monoisotopic (exact) mass is 252 g/mol. The van der Waals surface area contributed by atoms with Crippen molar-refractivity contribution in [3.8, 4) is 0 Å². The first-order valence-electron chi connectivity index (χ1n) is 6.24. The average Bonchev–Trinajstić information content (AvgIpc) is 2.52. The van der Waals surface area contributed by atoms with Gasteiger partial charge in [0.1, 0.15) is 5.54 Å². The predicted molar refractivity (Wildman–Crippen MR) is 61.6 cm³/mol. The van der Waals surface area contributed by atoms with Gasteiger partial charge < -0.3 is 15.5 Å². The van der Waals surface area contributed by atoms with Gasteiger partial charge in [-0.05, 0) is 12.8 Å². The molecule has 1 spiro atoms. The Balaban J connectivity index is 1.62. The van der Waals surface area contributed by atoms with Crippen LogP contribution in [0.4, 0.5) is 4.79 Å². The fourth-order valence-electron chi connectivity index (χ4n) is 2.71. The molecular weight excluding hydrogens is 236 g/mol. The van der Waals surface area contributed by atoms with Crippen molar-refractivity contribution in [3.63, 3.8) is 0 Å². The Labute approximate surface area is 104 Å². The van der Waals surface area contributed by atoms with Gasteiger partial charge in [0.05, 0.1) is 5.92 Å². The molecule has 3 N–H and O–H groups in total. The first kappa shape index (κ1) is 11.5. The van der Waals surface area contributed by atoms with E-state index >= 15 is 0 Å². The van der Waals surface area contributed by atoms with E-state index < -0.39 is 11.6 Å². The highest BCUT2D eigenvalue weighted by molar-refractivity contribution is 6.07. The molecule has 3 rings (SSSR count). The number of hydrogen-bond acceptors (Lipinski definition) is 4. The van der Waals surface area contributed by atoms with Crippen LogP contribution in [-0.2, 0) is 9.59 Å². The summed E-state index contributed by atoms with van der Waals surface area (Å²) in [4.78, 5) is 36.7. The zero-order chi connectivity index (χ0) is 12.8. The van der Waals surface area contributed by atoms with E-state index in [1.807, 2.05) is 0 Å². The Hall–Kier alpha value is -1.63. The van der Waals surface area contributed by atoms with Crippen molar-refractivity contribution in [1.82, 2.24) is 20.9 Å². The molecule has 18 heavy (non-hydrogen) atoms. The van der Waals surface area contributed by atoms with E-state index in [1.165, 1.54) is 0 Å². The Kier molecular flexibility index (Phi) is 2.51. The second-order valence-corrected chi connectivity index (χ2v) is 5.17. The van der Waals surface area contributed by atoms with Crippen LogP contribution in [0.25, 0.3) is 0 Å². The number of piperidine rings is 1. The van der Waals surface area contributed by atoms with Gasteiger partial charge in [-0.15, -0.1) is 0 Å². The third kappa shape index (κ3) is 1.66. The van der Waals surface area contributed by atoms with E-state index in [9.17, 15) is 14.4 Å². The lowest BCUT2D eigenvalue weighted by molar-refractivity contribution is -0.140. The predicted octanol–water partition coefficient (Wildman–Crippen LogP) is -1.59. The highest BCUT2D eigenvalue weighted by Crippen LogP contribution is 2.26. The van der Waals surface area contributed by atoms with Crippen LogP contribution in [0, 0.1) is 5.92 Å². The summed E-state index contributed by atoms with van der Waals surface area (Å²) in [5.41, 5.74) is -0.786. The third-order valence-corrected chi connectivity index (χ3v) is 4.07. The van der Waals surface area contributed by atoms with Gasteiger partial charge in [0.15, 0.2) is 0 Å². The molecule has 0 aromatic rings. The van der Waals surface area contributed by atoms with Gasteiger partial charge in [-0.2, -0.15) is 0 Å². The van der Waals surface area contributed by atoms with Gasteiger partial charge in [-0.1, -0.05) is 0 Å². The summed E-state index contributed by atoms with van der Waals surface area (Å²) in [6.45, 7) is 2.56. The SMILES string of the molecule is O=C1NC(=O)C2(CCN(C(=O)C3CNC3)CC2)N1. The maximum atomic E-state index is 12.0. The molecule has 0 aromatic carbocycles. The molecular formula is C11H16N4O3. The van der Waals surface area contributed by atoms with E-state index in [0.29, 0.717) is 25.9 Å². The van der Waals surface area contributed by atoms with E-state index in [2.05, 4.69) is 16.0 Å². The molecule has 0 radical (unpaired) electrons. The Morgan fingerprint density at radius 1 is 1.22 bits per heavy atom. The molecule has 3 saturated heterocycles. The lowest BCUT2D eigenvalue weighted by atomic mass is 9.87. The molecule has 0 saturated carbocycles. The topological polar surface area (TPSA) is 90.5 Å². The van der Waals surface area contributed by atoms with Gasteiger partial charge in [0.2, 0.25) is 5.91 Å². The Morgan fingerprint density at radius 2 is 1.89 bits per heavy atom. The summed E-state index contributed by atoms with van der Waals surface area (Å²) < 4.78 is 0. The maximum Gasteiger partial charge on any atom is 0.322 e. The lowest BCUT2D eigenvalue weighted by Gasteiger charge is -2.39. The fraction of sp³-hybridized carbons (Fsp3) is 0.727. The number of nitrogens with zero attached hydrogens (tertiary/aromatic N) is 1. The second-order valence-electron chi connectivity index (χ2n) is 5.17. The van der Waals surface area contributed by atoms with Crippen molar-refractivity contribution < 1.29 is 14.4 Å². The quantitative estimate of drug-likeness (QED) is 0.491. The minimum absolute atomic E-state index is 0.0889. The fourth-order valence-corrected chi connectivity index (χ4v) is 2.71. The second kappa shape index (κ2) is 3.94. The summed E-state index contributed by atoms with van der Waals surface area (Å²) in [7, 11) is 0. The minimum atomic E-state index is -0.786. The highest BCUT2D eigenvalue weighted by atomic mass is 16.2. The third-order valence-electron chi connectivity index (χ3n) is 4.07. The molecule has 4 amide bonds. The molecule has 0 atom stereocenters. The molecule has 7 nitrogen and oxygen atoms in total. The van der Waals surface area contributed by atoms with Crippen molar-refractivity contribution in [2.45, 2.75) is 18.4 Å². The molecule has 3 aliphatic heterocycles. The number of amides is 4. The molecule has 0 bridgehead atoms. The summed E-state index contributed by atoms with van der Waals surface area (Å²) in [5.74, 6) is -0.00992. The summed E-state index contributed by atoms with van der Waals surface area (Å²) in [6.07, 6.45) is 0.993. The molecule has 0 aliphatic carbocycles. The number of nitrogens with one attached hydrogen (secondary N) is 3. The minimum Gasteiger partial charge on any atom is -0.342 e. The van der Waals surface area contributed by atoms with Crippen molar-refractivity contribution in [1.29, 1.82) is 0 Å². The molecule has 0 unspecified atom stereocenters. The Bertz CT molecular complexity index is 411. The molecule has 0 aromatic heterocycles. The van der Waals surface area contributed by atoms with Crippen LogP contribution < -0.4 is 16.0 Å². The number of hydrogen-bond donors (Lipinski definition) is 3. The largest absolute Gasteiger partial charge is 0.342 e. The van der Waals surface area contributed by atoms with Crippen molar-refractivity contribution in [3.05, 3.63) is 0 Å². The summed E-state index contributed by atoms with van der Waals surface area (Å²) >= 11 is 0. The van der Waals surface area contributed by atoms with Crippen LogP contribution in [-0.4, -0.2) is 54.5 Å². The standard InChI is InChI=1S/C11H16N4O3/c16-8(7-5-12-6-7)15-3-1-11(2-4-15)9(17)13-10(18)14-11/h7,12H,1-6H2,(H2,13,14,17,18). The summed E-state index contributed by atoms with van der Waals surface area (Å²) in [6, 6.07) is -0.428. The lowest BCUT2D eigenvalue weighted by Crippen LogP contribution is -2.59. The zero-order valence-corrected chi connectivity index (χ0v) is 9.99. The van der Waals surface area contributed by atoms with E-state index in [4.69, 9.17) is 0 Å². The average molecular weight is 252 g/mol. The van der Waals surface area contributed by atoms with Crippen LogP contribution in [0.1, 0.15) is 12.8 Å². The molecule has 3 aliphatic rings. The number of carbonyl (C=O) groups is 3. The first-order valence-corrected chi connectivity index (χ1v) is 6.24. The van der Waals surface area contributed by atoms with Crippen molar-refractivity contribution >= 4 is 17.8 Å². The number of carbonyl (C=O) groups excluding carboxylic acids is 3. The normalized spacial score (nSPS) is 26.8. The number of imide groups is 1. The zero-order valence-electron chi connectivity index (χ0n) is 9.99. The van der Waals surface area contributed by atoms with Crippen LogP contribution >= 0.6 is 0 Å². The van der Waals surface area contributed by atoms with Gasteiger partial charge in [-0.3, -0.25) is 14.9 Å². The van der Waals surface area contributed by atoms with E-state index in [-0.39, 0.29) is 17.7 Å². The molecule has 7 heteroatoms. The molecule has 3 heterocycles. The smallest absolute Gasteiger partial charge is 0.322 e. The van der Waals surface area contributed by atoms with Crippen LogP contribution in [0.15, 0.2) is 0 Å². The number of likely N-dealkylation sites (tertiary alicyclic amines) is 1. The van der Waals surface area contributed by atoms with Gasteiger partial charge in [0, 0.05) is 26.2 Å². The maximum absolute atomic E-state index is 12.0. The van der Waals surface area contributed by atoms with Gasteiger partial charge in [0.25, 0.3) is 5.91 Å². The summed E-state index contributed by atoms with van der Waals surface area (Å²) in [5, 5.41) is 8.02. The van der Waals surface area contributed by atoms with E-state index in [1.54, 1.807) is 4.90 Å². The number of rotatable bonds is 1. The van der Waals surface area contributed by atoms with E-state index in [0.717, 1.165) is 13.1 Å². The highest BCUT2D eigenvalue weighted by Gasteiger charge is 2.48. The van der Waals surface area contributed by atoms with Crippen molar-refractivity contribution in [2.75, 3.05) is 26.2 Å². The number of urea groups is 1. The van der Waals surface area contributed by atoms with Gasteiger partial charge >= 0.3 is 6.03 Å². The first-order chi connectivity index (χ1) is 8.61. The van der Waals surface area contributed by atoms with Crippen LogP contribution in [0.2, 0.25) is 0 Å². The van der Waals surface area contributed by atoms with Crippen molar-refractivity contribution in [2.24, 2.45) is 5.92 Å². The van der Waals surface area contributed by atoms with Crippen LogP contribution in [0.3, 0.4) is 0 Å². The van der Waals surface area contributed by atoms with Crippen LogP contribution in [0.5, 0.6) is 0 Å². The Morgan fingerprint density at radius 3 is 2.33 bits per heavy atom. The van der Waals surface area contributed by atoms with Gasteiger partial charge in [-0.25, -0.2) is 4.79 Å². The molecule has 98 valence electrons.